The van der Waals surface area contributed by atoms with Gasteiger partial charge in [0.15, 0.2) is 0 Å². The zero-order chi connectivity index (χ0) is 15.2. The highest BCUT2D eigenvalue weighted by Gasteiger charge is 2.27. The van der Waals surface area contributed by atoms with Gasteiger partial charge >= 0.3 is 6.18 Å². The van der Waals surface area contributed by atoms with E-state index in [9.17, 15) is 13.2 Å². The summed E-state index contributed by atoms with van der Waals surface area (Å²) in [6.45, 7) is 4.98. The van der Waals surface area contributed by atoms with Crippen molar-refractivity contribution in [2.75, 3.05) is 25.0 Å². The van der Waals surface area contributed by atoms with Crippen molar-refractivity contribution in [1.29, 1.82) is 0 Å². The van der Waals surface area contributed by atoms with Crippen molar-refractivity contribution in [2.24, 2.45) is 0 Å². The summed E-state index contributed by atoms with van der Waals surface area (Å²) in [5.41, 5.74) is 1.89. The Balaban J connectivity index is 2.78. The molecule has 1 atom stereocenters. The van der Waals surface area contributed by atoms with E-state index < -0.39 is 12.6 Å². The van der Waals surface area contributed by atoms with Crippen LogP contribution in [0.4, 0.5) is 18.9 Å². The van der Waals surface area contributed by atoms with E-state index in [2.05, 4.69) is 12.2 Å². The van der Waals surface area contributed by atoms with Crippen LogP contribution in [0.5, 0.6) is 0 Å². The van der Waals surface area contributed by atoms with Crippen LogP contribution in [-0.4, -0.2) is 26.3 Å². The van der Waals surface area contributed by atoms with Crippen molar-refractivity contribution in [2.45, 2.75) is 38.9 Å². The first kappa shape index (κ1) is 16.8. The molecule has 0 spiro atoms. The average Bonchev–Trinajstić information content (AvgIpc) is 2.41. The Kier molecular flexibility index (Phi) is 6.33. The molecule has 1 aromatic carbocycles. The Hall–Kier alpha value is -1.23. The number of benzene rings is 1. The second-order valence-corrected chi connectivity index (χ2v) is 5.02. The van der Waals surface area contributed by atoms with Crippen molar-refractivity contribution in [3.63, 3.8) is 0 Å². The third-order valence-electron chi connectivity index (χ3n) is 3.25. The first-order valence-corrected chi connectivity index (χ1v) is 6.95. The normalized spacial score (nSPS) is 13.3. The lowest BCUT2D eigenvalue weighted by Crippen LogP contribution is -2.27. The summed E-state index contributed by atoms with van der Waals surface area (Å²) in [5.74, 6) is 0. The van der Waals surface area contributed by atoms with E-state index in [1.54, 1.807) is 11.9 Å². The molecule has 1 rings (SSSR count). The number of hydrogen-bond donors (Lipinski definition) is 1. The van der Waals surface area contributed by atoms with Crippen molar-refractivity contribution in [3.8, 4) is 0 Å². The van der Waals surface area contributed by atoms with Crippen LogP contribution in [0.2, 0.25) is 0 Å². The van der Waals surface area contributed by atoms with Gasteiger partial charge in [-0.05, 0) is 31.5 Å². The third kappa shape index (κ3) is 5.41. The summed E-state index contributed by atoms with van der Waals surface area (Å²) in [6.07, 6.45) is -3.89. The van der Waals surface area contributed by atoms with Crippen LogP contribution in [0.25, 0.3) is 0 Å². The van der Waals surface area contributed by atoms with Gasteiger partial charge < -0.3 is 10.2 Å². The van der Waals surface area contributed by atoms with Crippen LogP contribution in [0.15, 0.2) is 24.3 Å². The largest absolute Gasteiger partial charge is 0.390 e. The van der Waals surface area contributed by atoms with Crippen molar-refractivity contribution < 1.29 is 13.2 Å². The lowest BCUT2D eigenvalue weighted by Gasteiger charge is -2.26. The van der Waals surface area contributed by atoms with E-state index in [1.807, 2.05) is 31.2 Å². The molecule has 0 radical (unpaired) electrons. The minimum Gasteiger partial charge on any atom is -0.374 e. The first-order chi connectivity index (χ1) is 9.35. The van der Waals surface area contributed by atoms with Crippen LogP contribution in [0.3, 0.4) is 0 Å². The number of halogens is 3. The van der Waals surface area contributed by atoms with Crippen LogP contribution in [-0.2, 0) is 0 Å². The van der Waals surface area contributed by atoms with Gasteiger partial charge in [0.05, 0.1) is 6.42 Å². The molecular weight excluding hydrogens is 265 g/mol. The quantitative estimate of drug-likeness (QED) is 0.811. The molecule has 1 N–H and O–H groups in total. The molecule has 5 heteroatoms. The van der Waals surface area contributed by atoms with Gasteiger partial charge in [-0.25, -0.2) is 0 Å². The number of hydrogen-bond acceptors (Lipinski definition) is 2. The van der Waals surface area contributed by atoms with Crippen LogP contribution in [0.1, 0.15) is 38.3 Å². The summed E-state index contributed by atoms with van der Waals surface area (Å²) in [6, 6.07) is 7.73. The fourth-order valence-electron chi connectivity index (χ4n) is 2.09. The van der Waals surface area contributed by atoms with E-state index in [0.29, 0.717) is 0 Å². The smallest absolute Gasteiger partial charge is 0.374 e. The predicted octanol–water partition coefficient (Wildman–Crippen LogP) is 4.14. The van der Waals surface area contributed by atoms with Crippen LogP contribution >= 0.6 is 0 Å². The van der Waals surface area contributed by atoms with Crippen LogP contribution in [0, 0.1) is 0 Å². The fraction of sp³-hybridized carbons (Fsp3) is 0.600. The average molecular weight is 288 g/mol. The number of para-hydroxylation sites is 1. The summed E-state index contributed by atoms with van der Waals surface area (Å²) < 4.78 is 37.0. The maximum absolute atomic E-state index is 12.3. The molecule has 0 bridgehead atoms. The van der Waals surface area contributed by atoms with Gasteiger partial charge in [-0.1, -0.05) is 25.1 Å². The zero-order valence-corrected chi connectivity index (χ0v) is 12.3. The number of rotatable bonds is 7. The summed E-state index contributed by atoms with van der Waals surface area (Å²) in [4.78, 5) is 1.67. The van der Waals surface area contributed by atoms with Gasteiger partial charge in [0.1, 0.15) is 0 Å². The maximum atomic E-state index is 12.3. The Morgan fingerprint density at radius 2 is 1.90 bits per heavy atom. The highest BCUT2D eigenvalue weighted by Crippen LogP contribution is 2.27. The molecule has 20 heavy (non-hydrogen) atoms. The van der Waals surface area contributed by atoms with Gasteiger partial charge in [0, 0.05) is 25.3 Å². The second-order valence-electron chi connectivity index (χ2n) is 5.02. The zero-order valence-electron chi connectivity index (χ0n) is 12.3. The second kappa shape index (κ2) is 7.53. The highest BCUT2D eigenvalue weighted by molar-refractivity contribution is 5.54. The first-order valence-electron chi connectivity index (χ1n) is 6.95. The molecule has 0 aliphatic rings. The number of alkyl halides is 3. The van der Waals surface area contributed by atoms with Crippen molar-refractivity contribution >= 4 is 5.69 Å². The summed E-state index contributed by atoms with van der Waals surface area (Å²) in [7, 11) is 1.71. The molecule has 0 aromatic heterocycles. The summed E-state index contributed by atoms with van der Waals surface area (Å²) >= 11 is 0. The number of nitrogens with zero attached hydrogens (tertiary/aromatic N) is 1. The molecule has 0 fully saturated rings. The Bertz CT molecular complexity index is 404. The molecule has 1 unspecified atom stereocenters. The molecule has 0 aliphatic carbocycles. The van der Waals surface area contributed by atoms with Crippen LogP contribution < -0.4 is 10.2 Å². The molecular formula is C15H23F3N2. The van der Waals surface area contributed by atoms with Crippen molar-refractivity contribution in [3.05, 3.63) is 29.8 Å². The molecule has 0 amide bonds. The fourth-order valence-corrected chi connectivity index (χ4v) is 2.09. The van der Waals surface area contributed by atoms with Gasteiger partial charge in [-0.2, -0.15) is 13.2 Å². The van der Waals surface area contributed by atoms with E-state index >= 15 is 0 Å². The lowest BCUT2D eigenvalue weighted by molar-refractivity contribution is -0.132. The number of nitrogens with one attached hydrogen (secondary N) is 1. The maximum Gasteiger partial charge on any atom is 0.390 e. The molecule has 0 heterocycles. The lowest BCUT2D eigenvalue weighted by atomic mass is 10.0. The molecule has 0 saturated carbocycles. The van der Waals surface area contributed by atoms with Crippen molar-refractivity contribution in [1.82, 2.24) is 5.32 Å². The molecule has 2 nitrogen and oxygen atoms in total. The predicted molar refractivity (Wildman–Crippen MR) is 77.1 cm³/mol. The Labute approximate surface area is 119 Å². The topological polar surface area (TPSA) is 15.3 Å². The standard InChI is InChI=1S/C15H23F3N2/c1-4-10-19-12(2)13-7-5-6-8-14(13)20(3)11-9-15(16,17)18/h5-8,12,19H,4,9-11H2,1-3H3. The van der Waals surface area contributed by atoms with E-state index in [1.165, 1.54) is 0 Å². The van der Waals surface area contributed by atoms with Gasteiger partial charge in [-0.15, -0.1) is 0 Å². The molecule has 0 saturated heterocycles. The minimum absolute atomic E-state index is 0.0268. The SMILES string of the molecule is CCCNC(C)c1ccccc1N(C)CCC(F)(F)F. The van der Waals surface area contributed by atoms with Gasteiger partial charge in [0.2, 0.25) is 0 Å². The van der Waals surface area contributed by atoms with E-state index in [0.717, 1.165) is 24.2 Å². The molecule has 0 aliphatic heterocycles. The molecule has 114 valence electrons. The summed E-state index contributed by atoms with van der Waals surface area (Å²) in [5, 5.41) is 3.37. The molecule has 1 aromatic rings. The van der Waals surface area contributed by atoms with E-state index in [-0.39, 0.29) is 12.6 Å². The Morgan fingerprint density at radius 3 is 2.50 bits per heavy atom. The number of anilines is 1. The minimum atomic E-state index is -4.12. The highest BCUT2D eigenvalue weighted by atomic mass is 19.4. The van der Waals surface area contributed by atoms with E-state index in [4.69, 9.17) is 0 Å². The van der Waals surface area contributed by atoms with Gasteiger partial charge in [0.25, 0.3) is 0 Å². The Morgan fingerprint density at radius 1 is 1.25 bits per heavy atom. The monoisotopic (exact) mass is 288 g/mol. The van der Waals surface area contributed by atoms with Gasteiger partial charge in [-0.3, -0.25) is 0 Å². The third-order valence-corrected chi connectivity index (χ3v) is 3.25.